The highest BCUT2D eigenvalue weighted by Gasteiger charge is 2.31. The minimum atomic E-state index is -0.713. The lowest BCUT2D eigenvalue weighted by Crippen LogP contribution is -2.38. The Bertz CT molecular complexity index is 749. The van der Waals surface area contributed by atoms with Crippen molar-refractivity contribution < 1.29 is 18.8 Å². The summed E-state index contributed by atoms with van der Waals surface area (Å²) in [5.41, 5.74) is 7.90. The molecule has 0 saturated carbocycles. The van der Waals surface area contributed by atoms with Crippen LogP contribution in [0.4, 0.5) is 11.6 Å². The summed E-state index contributed by atoms with van der Waals surface area (Å²) in [7, 11) is 0. The first-order valence-electron chi connectivity index (χ1n) is 7.28. The second kappa shape index (κ2) is 5.75. The van der Waals surface area contributed by atoms with Gasteiger partial charge in [0.2, 0.25) is 5.88 Å². The average molecular weight is 315 g/mol. The SMILES string of the molecule is Cc1noc(N)c1C(=O)OCC(=O)N1c2ccccc2C[C@H]1C. The normalized spacial score (nSPS) is 16.3. The van der Waals surface area contributed by atoms with Crippen molar-refractivity contribution in [2.24, 2.45) is 0 Å². The first kappa shape index (κ1) is 15.1. The minimum Gasteiger partial charge on any atom is -0.452 e. The zero-order chi connectivity index (χ0) is 16.6. The van der Waals surface area contributed by atoms with Crippen LogP contribution >= 0.6 is 0 Å². The minimum absolute atomic E-state index is 0.0287. The summed E-state index contributed by atoms with van der Waals surface area (Å²) in [4.78, 5) is 26.1. The van der Waals surface area contributed by atoms with Crippen molar-refractivity contribution in [3.8, 4) is 0 Å². The highest BCUT2D eigenvalue weighted by molar-refractivity contribution is 6.00. The molecule has 2 heterocycles. The first-order valence-corrected chi connectivity index (χ1v) is 7.28. The van der Waals surface area contributed by atoms with E-state index in [-0.39, 0.29) is 30.0 Å². The maximum atomic E-state index is 12.4. The van der Waals surface area contributed by atoms with Gasteiger partial charge in [-0.2, -0.15) is 0 Å². The second-order valence-electron chi connectivity index (χ2n) is 5.53. The fourth-order valence-electron chi connectivity index (χ4n) is 2.85. The number of carbonyl (C=O) groups is 2. The average Bonchev–Trinajstić information content (AvgIpc) is 3.03. The number of amides is 1. The molecule has 23 heavy (non-hydrogen) atoms. The van der Waals surface area contributed by atoms with Gasteiger partial charge in [-0.3, -0.25) is 4.79 Å². The quantitative estimate of drug-likeness (QED) is 0.866. The molecule has 0 spiro atoms. The van der Waals surface area contributed by atoms with E-state index in [0.717, 1.165) is 17.7 Å². The van der Waals surface area contributed by atoms with Crippen LogP contribution in [0, 0.1) is 6.92 Å². The highest BCUT2D eigenvalue weighted by Crippen LogP contribution is 2.31. The zero-order valence-corrected chi connectivity index (χ0v) is 12.9. The lowest BCUT2D eigenvalue weighted by atomic mass is 10.1. The summed E-state index contributed by atoms with van der Waals surface area (Å²) in [6, 6.07) is 7.73. The van der Waals surface area contributed by atoms with Crippen LogP contribution in [0.15, 0.2) is 28.8 Å². The Morgan fingerprint density at radius 2 is 2.17 bits per heavy atom. The summed E-state index contributed by atoms with van der Waals surface area (Å²) in [6.07, 6.45) is 0.785. The van der Waals surface area contributed by atoms with Crippen molar-refractivity contribution in [2.45, 2.75) is 26.3 Å². The van der Waals surface area contributed by atoms with Crippen molar-refractivity contribution in [1.29, 1.82) is 0 Å². The van der Waals surface area contributed by atoms with E-state index < -0.39 is 5.97 Å². The van der Waals surface area contributed by atoms with E-state index in [4.69, 9.17) is 15.0 Å². The molecule has 2 N–H and O–H groups in total. The molecule has 1 aliphatic rings. The molecule has 1 atom stereocenters. The number of esters is 1. The molecule has 1 amide bonds. The second-order valence-corrected chi connectivity index (χ2v) is 5.53. The molecule has 7 nitrogen and oxygen atoms in total. The van der Waals surface area contributed by atoms with Crippen molar-refractivity contribution in [3.63, 3.8) is 0 Å². The van der Waals surface area contributed by atoms with Crippen LogP contribution in [0.3, 0.4) is 0 Å². The highest BCUT2D eigenvalue weighted by atomic mass is 16.5. The Hall–Kier alpha value is -2.83. The molecule has 0 aliphatic carbocycles. The van der Waals surface area contributed by atoms with Gasteiger partial charge in [-0.1, -0.05) is 23.4 Å². The number of anilines is 2. The van der Waals surface area contributed by atoms with Gasteiger partial charge in [0.15, 0.2) is 6.61 Å². The number of nitrogens with two attached hydrogens (primary N) is 1. The molecule has 0 saturated heterocycles. The summed E-state index contributed by atoms with van der Waals surface area (Å²) >= 11 is 0. The molecule has 7 heteroatoms. The van der Waals surface area contributed by atoms with Crippen LogP contribution in [0.5, 0.6) is 0 Å². The van der Waals surface area contributed by atoms with Crippen molar-refractivity contribution >= 4 is 23.4 Å². The number of aryl methyl sites for hydroxylation is 1. The number of hydrogen-bond donors (Lipinski definition) is 1. The maximum absolute atomic E-state index is 12.4. The van der Waals surface area contributed by atoms with E-state index in [1.165, 1.54) is 0 Å². The number of aromatic nitrogens is 1. The van der Waals surface area contributed by atoms with Gasteiger partial charge in [-0.05, 0) is 31.9 Å². The maximum Gasteiger partial charge on any atom is 0.346 e. The Morgan fingerprint density at radius 1 is 1.43 bits per heavy atom. The van der Waals surface area contributed by atoms with Crippen molar-refractivity contribution in [1.82, 2.24) is 5.16 Å². The number of nitrogen functional groups attached to an aromatic ring is 1. The van der Waals surface area contributed by atoms with Gasteiger partial charge in [0.25, 0.3) is 5.91 Å². The largest absolute Gasteiger partial charge is 0.452 e. The van der Waals surface area contributed by atoms with Crippen LogP contribution in [-0.2, 0) is 16.0 Å². The Labute approximate surface area is 133 Å². The van der Waals surface area contributed by atoms with Crippen LogP contribution < -0.4 is 10.6 Å². The molecule has 1 aromatic carbocycles. The molecule has 120 valence electrons. The molecular weight excluding hydrogens is 298 g/mol. The molecule has 0 radical (unpaired) electrons. The zero-order valence-electron chi connectivity index (χ0n) is 12.9. The van der Waals surface area contributed by atoms with E-state index >= 15 is 0 Å². The van der Waals surface area contributed by atoms with E-state index in [1.54, 1.807) is 11.8 Å². The molecular formula is C16H17N3O4. The predicted molar refractivity (Wildman–Crippen MR) is 83.0 cm³/mol. The summed E-state index contributed by atoms with van der Waals surface area (Å²) in [5, 5.41) is 3.59. The first-order chi connectivity index (χ1) is 11.0. The monoisotopic (exact) mass is 315 g/mol. The van der Waals surface area contributed by atoms with Gasteiger partial charge in [-0.25, -0.2) is 4.79 Å². The Balaban J connectivity index is 1.70. The lowest BCUT2D eigenvalue weighted by Gasteiger charge is -2.22. The van der Waals surface area contributed by atoms with Crippen LogP contribution in [0.25, 0.3) is 0 Å². The van der Waals surface area contributed by atoms with Gasteiger partial charge >= 0.3 is 5.97 Å². The van der Waals surface area contributed by atoms with Crippen LogP contribution in [-0.4, -0.2) is 29.7 Å². The third kappa shape index (κ3) is 2.65. The number of benzene rings is 1. The van der Waals surface area contributed by atoms with E-state index in [0.29, 0.717) is 5.69 Å². The number of para-hydroxylation sites is 1. The van der Waals surface area contributed by atoms with E-state index in [1.807, 2.05) is 31.2 Å². The summed E-state index contributed by atoms with van der Waals surface area (Å²) in [6.45, 7) is 3.18. The van der Waals surface area contributed by atoms with E-state index in [9.17, 15) is 9.59 Å². The molecule has 2 aromatic rings. The molecule has 1 aliphatic heterocycles. The van der Waals surface area contributed by atoms with Gasteiger partial charge in [0.05, 0.1) is 5.69 Å². The number of fused-ring (bicyclic) bond motifs is 1. The molecule has 0 unspecified atom stereocenters. The van der Waals surface area contributed by atoms with Gasteiger partial charge in [0.1, 0.15) is 5.56 Å². The molecule has 0 bridgehead atoms. The third-order valence-electron chi connectivity index (χ3n) is 3.90. The number of hydrogen-bond acceptors (Lipinski definition) is 6. The lowest BCUT2D eigenvalue weighted by molar-refractivity contribution is -0.122. The third-order valence-corrected chi connectivity index (χ3v) is 3.90. The topological polar surface area (TPSA) is 98.7 Å². The number of ether oxygens (including phenoxy) is 1. The van der Waals surface area contributed by atoms with Crippen molar-refractivity contribution in [2.75, 3.05) is 17.2 Å². The molecule has 1 aromatic heterocycles. The number of nitrogens with zero attached hydrogens (tertiary/aromatic N) is 2. The molecule has 0 fully saturated rings. The molecule has 3 rings (SSSR count). The summed E-state index contributed by atoms with van der Waals surface area (Å²) in [5.74, 6) is -1.10. The Kier molecular flexibility index (Phi) is 3.77. The van der Waals surface area contributed by atoms with Crippen LogP contribution in [0.2, 0.25) is 0 Å². The van der Waals surface area contributed by atoms with Crippen molar-refractivity contribution in [3.05, 3.63) is 41.1 Å². The fourth-order valence-corrected chi connectivity index (χ4v) is 2.85. The predicted octanol–water partition coefficient (Wildman–Crippen LogP) is 1.70. The number of rotatable bonds is 3. The van der Waals surface area contributed by atoms with Gasteiger partial charge < -0.3 is 19.9 Å². The standard InChI is InChI=1S/C16H17N3O4/c1-9-7-11-5-3-4-6-12(11)19(9)13(20)8-22-16(21)14-10(2)18-23-15(14)17/h3-6,9H,7-8,17H2,1-2H3/t9-/m1/s1. The van der Waals surface area contributed by atoms with Gasteiger partial charge in [0, 0.05) is 11.7 Å². The van der Waals surface area contributed by atoms with Gasteiger partial charge in [-0.15, -0.1) is 0 Å². The summed E-state index contributed by atoms with van der Waals surface area (Å²) < 4.78 is 9.79. The van der Waals surface area contributed by atoms with Crippen LogP contribution in [0.1, 0.15) is 28.5 Å². The van der Waals surface area contributed by atoms with E-state index in [2.05, 4.69) is 5.16 Å². The number of carbonyl (C=O) groups excluding carboxylic acids is 2. The Morgan fingerprint density at radius 3 is 2.87 bits per heavy atom. The smallest absolute Gasteiger partial charge is 0.346 e. The fraction of sp³-hybridized carbons (Fsp3) is 0.312.